The van der Waals surface area contributed by atoms with Crippen molar-refractivity contribution in [1.82, 2.24) is 0 Å². The molecule has 0 fully saturated rings. The SMILES string of the molecule is CC=Cc1ccc(OCC)c(OCCO)c1. The summed E-state index contributed by atoms with van der Waals surface area (Å²) in [6, 6.07) is 5.75. The average molecular weight is 222 g/mol. The molecule has 3 nitrogen and oxygen atoms in total. The van der Waals surface area contributed by atoms with Gasteiger partial charge in [0.15, 0.2) is 11.5 Å². The Balaban J connectivity index is 2.90. The fourth-order valence-electron chi connectivity index (χ4n) is 1.36. The summed E-state index contributed by atoms with van der Waals surface area (Å²) in [6.07, 6.45) is 3.95. The van der Waals surface area contributed by atoms with Crippen LogP contribution in [0.25, 0.3) is 6.08 Å². The van der Waals surface area contributed by atoms with Crippen LogP contribution in [0.15, 0.2) is 24.3 Å². The van der Waals surface area contributed by atoms with Gasteiger partial charge in [0.05, 0.1) is 13.2 Å². The molecule has 1 aromatic carbocycles. The van der Waals surface area contributed by atoms with E-state index in [1.165, 1.54) is 0 Å². The van der Waals surface area contributed by atoms with E-state index in [4.69, 9.17) is 14.6 Å². The van der Waals surface area contributed by atoms with Crippen LogP contribution in [-0.2, 0) is 0 Å². The van der Waals surface area contributed by atoms with E-state index < -0.39 is 0 Å². The molecule has 0 saturated heterocycles. The number of hydrogen-bond donors (Lipinski definition) is 1. The van der Waals surface area contributed by atoms with Crippen LogP contribution < -0.4 is 9.47 Å². The third-order valence-corrected chi connectivity index (χ3v) is 1.98. The molecule has 1 rings (SSSR count). The van der Waals surface area contributed by atoms with Crippen LogP contribution in [0.5, 0.6) is 11.5 Å². The lowest BCUT2D eigenvalue weighted by Gasteiger charge is -2.11. The second-order valence-electron chi connectivity index (χ2n) is 3.21. The number of allylic oxidation sites excluding steroid dienone is 1. The Kier molecular flexibility index (Phi) is 5.43. The average Bonchev–Trinajstić information content (AvgIpc) is 2.30. The Labute approximate surface area is 96.3 Å². The molecule has 0 atom stereocenters. The largest absolute Gasteiger partial charge is 0.490 e. The lowest BCUT2D eigenvalue weighted by Crippen LogP contribution is -2.04. The predicted molar refractivity (Wildman–Crippen MR) is 64.9 cm³/mol. The predicted octanol–water partition coefficient (Wildman–Crippen LogP) is 2.49. The monoisotopic (exact) mass is 222 g/mol. The molecule has 0 aliphatic heterocycles. The van der Waals surface area contributed by atoms with Gasteiger partial charge in [-0.2, -0.15) is 0 Å². The van der Waals surface area contributed by atoms with E-state index >= 15 is 0 Å². The van der Waals surface area contributed by atoms with Crippen LogP contribution in [0.3, 0.4) is 0 Å². The van der Waals surface area contributed by atoms with E-state index in [9.17, 15) is 0 Å². The summed E-state index contributed by atoms with van der Waals surface area (Å²) in [4.78, 5) is 0. The Hall–Kier alpha value is -1.48. The summed E-state index contributed by atoms with van der Waals surface area (Å²) in [7, 11) is 0. The van der Waals surface area contributed by atoms with Crippen LogP contribution in [-0.4, -0.2) is 24.9 Å². The highest BCUT2D eigenvalue weighted by Gasteiger charge is 2.04. The smallest absolute Gasteiger partial charge is 0.161 e. The van der Waals surface area contributed by atoms with Gasteiger partial charge in [-0.05, 0) is 31.5 Å². The Morgan fingerprint density at radius 2 is 2.06 bits per heavy atom. The lowest BCUT2D eigenvalue weighted by molar-refractivity contribution is 0.194. The zero-order valence-electron chi connectivity index (χ0n) is 9.77. The van der Waals surface area contributed by atoms with E-state index in [2.05, 4.69) is 0 Å². The molecule has 0 aliphatic rings. The molecule has 0 aromatic heterocycles. The molecule has 3 heteroatoms. The van der Waals surface area contributed by atoms with E-state index in [0.29, 0.717) is 18.1 Å². The number of rotatable bonds is 6. The molecule has 16 heavy (non-hydrogen) atoms. The summed E-state index contributed by atoms with van der Waals surface area (Å²) < 4.78 is 10.9. The Morgan fingerprint density at radius 3 is 2.69 bits per heavy atom. The Bertz CT molecular complexity index is 345. The standard InChI is InChI=1S/C13H18O3/c1-3-5-11-6-7-12(15-4-2)13(10-11)16-9-8-14/h3,5-7,10,14H,4,8-9H2,1-2H3. The van der Waals surface area contributed by atoms with Gasteiger partial charge >= 0.3 is 0 Å². The van der Waals surface area contributed by atoms with Crippen LogP contribution in [0.1, 0.15) is 19.4 Å². The number of hydrogen-bond acceptors (Lipinski definition) is 3. The summed E-state index contributed by atoms with van der Waals surface area (Å²) in [5, 5.41) is 8.74. The molecule has 0 aliphatic carbocycles. The number of ether oxygens (including phenoxy) is 2. The minimum absolute atomic E-state index is 0.000586. The van der Waals surface area contributed by atoms with Gasteiger partial charge in [0.25, 0.3) is 0 Å². The first kappa shape index (κ1) is 12.6. The van der Waals surface area contributed by atoms with E-state index in [-0.39, 0.29) is 13.2 Å². The molecule has 0 unspecified atom stereocenters. The molecular formula is C13H18O3. The quantitative estimate of drug-likeness (QED) is 0.803. The molecule has 0 radical (unpaired) electrons. The van der Waals surface area contributed by atoms with Crippen molar-refractivity contribution in [3.8, 4) is 11.5 Å². The van der Waals surface area contributed by atoms with Crippen LogP contribution in [0, 0.1) is 0 Å². The highest BCUT2D eigenvalue weighted by Crippen LogP contribution is 2.28. The van der Waals surface area contributed by atoms with Crippen molar-refractivity contribution >= 4 is 6.08 Å². The van der Waals surface area contributed by atoms with Gasteiger partial charge in [-0.15, -0.1) is 0 Å². The minimum Gasteiger partial charge on any atom is -0.490 e. The first-order valence-corrected chi connectivity index (χ1v) is 5.45. The highest BCUT2D eigenvalue weighted by molar-refractivity contribution is 5.55. The highest BCUT2D eigenvalue weighted by atomic mass is 16.5. The van der Waals surface area contributed by atoms with Crippen LogP contribution in [0.4, 0.5) is 0 Å². The molecular weight excluding hydrogens is 204 g/mol. The Morgan fingerprint density at radius 1 is 1.25 bits per heavy atom. The van der Waals surface area contributed by atoms with Crippen molar-refractivity contribution in [2.75, 3.05) is 19.8 Å². The second kappa shape index (κ2) is 6.90. The molecule has 0 amide bonds. The normalized spacial score (nSPS) is 10.7. The zero-order valence-corrected chi connectivity index (χ0v) is 9.77. The maximum Gasteiger partial charge on any atom is 0.161 e. The fraction of sp³-hybridized carbons (Fsp3) is 0.385. The molecule has 1 aromatic rings. The molecule has 0 bridgehead atoms. The topological polar surface area (TPSA) is 38.7 Å². The molecule has 0 saturated carbocycles. The van der Waals surface area contributed by atoms with Gasteiger partial charge in [0.2, 0.25) is 0 Å². The number of aliphatic hydroxyl groups excluding tert-OH is 1. The molecule has 1 N–H and O–H groups in total. The molecule has 88 valence electrons. The second-order valence-corrected chi connectivity index (χ2v) is 3.21. The van der Waals surface area contributed by atoms with E-state index in [0.717, 1.165) is 5.56 Å². The number of benzene rings is 1. The van der Waals surface area contributed by atoms with E-state index in [1.807, 2.05) is 44.2 Å². The summed E-state index contributed by atoms with van der Waals surface area (Å²) >= 11 is 0. The van der Waals surface area contributed by atoms with Crippen molar-refractivity contribution in [3.05, 3.63) is 29.8 Å². The molecule has 0 spiro atoms. The van der Waals surface area contributed by atoms with Crippen molar-refractivity contribution in [2.45, 2.75) is 13.8 Å². The lowest BCUT2D eigenvalue weighted by atomic mass is 10.2. The van der Waals surface area contributed by atoms with Crippen molar-refractivity contribution in [2.24, 2.45) is 0 Å². The van der Waals surface area contributed by atoms with Crippen molar-refractivity contribution < 1.29 is 14.6 Å². The van der Waals surface area contributed by atoms with E-state index in [1.54, 1.807) is 0 Å². The first-order chi connectivity index (χ1) is 7.81. The van der Waals surface area contributed by atoms with Gasteiger partial charge in [0, 0.05) is 0 Å². The minimum atomic E-state index is -0.000586. The van der Waals surface area contributed by atoms with Crippen LogP contribution >= 0.6 is 0 Å². The molecule has 0 heterocycles. The van der Waals surface area contributed by atoms with Crippen LogP contribution in [0.2, 0.25) is 0 Å². The number of aliphatic hydroxyl groups is 1. The summed E-state index contributed by atoms with van der Waals surface area (Å²) in [5.74, 6) is 1.38. The van der Waals surface area contributed by atoms with Crippen molar-refractivity contribution in [3.63, 3.8) is 0 Å². The third-order valence-electron chi connectivity index (χ3n) is 1.98. The fourth-order valence-corrected chi connectivity index (χ4v) is 1.36. The van der Waals surface area contributed by atoms with Gasteiger partial charge < -0.3 is 14.6 Å². The maximum atomic E-state index is 8.74. The summed E-state index contributed by atoms with van der Waals surface area (Å²) in [5.41, 5.74) is 1.05. The van der Waals surface area contributed by atoms with Gasteiger partial charge in [-0.25, -0.2) is 0 Å². The summed E-state index contributed by atoms with van der Waals surface area (Å²) in [6.45, 7) is 4.76. The van der Waals surface area contributed by atoms with Gasteiger partial charge in [0.1, 0.15) is 6.61 Å². The third kappa shape index (κ3) is 3.59. The zero-order chi connectivity index (χ0) is 11.8. The van der Waals surface area contributed by atoms with Gasteiger partial charge in [-0.1, -0.05) is 18.2 Å². The van der Waals surface area contributed by atoms with Crippen molar-refractivity contribution in [1.29, 1.82) is 0 Å². The maximum absolute atomic E-state index is 8.74. The van der Waals surface area contributed by atoms with Gasteiger partial charge in [-0.3, -0.25) is 0 Å². The first-order valence-electron chi connectivity index (χ1n) is 5.45.